The van der Waals surface area contributed by atoms with Gasteiger partial charge in [-0.3, -0.25) is 28.8 Å². The SMILES string of the molecule is CCCCCCCCNC(=O)[C@@H]1CN(C(=O)c2ccc(C(=O)N3C[C@@H](C(=O)N[C@H]4C[C@@H]4c4ccccc4)[C@H](C(=O)N[C@@H]4C[C@H]4c4ccccc4)C3)cc2)C[C@H]1C(=O)N[C@H]1C[C@@H]1c1ccccc1. The van der Waals surface area contributed by atoms with E-state index in [0.29, 0.717) is 17.7 Å². The first-order valence-electron chi connectivity index (χ1n) is 24.7. The first kappa shape index (κ1) is 45.8. The summed E-state index contributed by atoms with van der Waals surface area (Å²) >= 11 is 0. The lowest BCUT2D eigenvalue weighted by Crippen LogP contribution is -2.43. The van der Waals surface area contributed by atoms with Crippen LogP contribution in [0.25, 0.3) is 0 Å². The number of benzene rings is 4. The van der Waals surface area contributed by atoms with E-state index >= 15 is 0 Å². The molecule has 12 nitrogen and oxygen atoms in total. The molecule has 0 radical (unpaired) electrons. The van der Waals surface area contributed by atoms with Crippen LogP contribution in [-0.4, -0.2) is 96.1 Å². The van der Waals surface area contributed by atoms with E-state index in [4.69, 9.17) is 0 Å². The van der Waals surface area contributed by atoms with E-state index in [1.165, 1.54) is 24.8 Å². The Hall–Kier alpha value is -6.30. The lowest BCUT2D eigenvalue weighted by atomic mass is 9.94. The maximum Gasteiger partial charge on any atom is 0.253 e. The fourth-order valence-corrected chi connectivity index (χ4v) is 10.5. The van der Waals surface area contributed by atoms with E-state index < -0.39 is 23.7 Å². The standard InChI is InChI=1S/C55H64N6O6/c1-2-3-4-5-6-16-27-56-50(62)43-31-60(32-44(43)51(63)57-47-28-40(47)35-17-10-7-11-18-35)54(66)38-23-25-39(26-24-38)55(67)61-33-45(52(64)58-48-29-41(48)36-19-12-8-13-20-36)46(34-61)53(65)59-49-30-42(49)37-21-14-9-15-22-37/h7-15,17-26,40-49H,2-6,16,27-34H2,1H3,(H,56,62)(H,57,63)(H,58,64)(H,59,65)/t40-,41-,42+,43-,44-,45-,46-,47+,48+,49-/m1/s1. The molecular formula is C55H64N6O6. The number of amides is 6. The molecule has 4 aromatic carbocycles. The molecule has 4 aromatic rings. The van der Waals surface area contributed by atoms with Crippen LogP contribution in [0, 0.1) is 23.7 Å². The molecule has 0 bridgehead atoms. The summed E-state index contributed by atoms with van der Waals surface area (Å²) in [5.74, 6) is -3.74. The van der Waals surface area contributed by atoms with Crippen molar-refractivity contribution in [1.29, 1.82) is 0 Å². The number of nitrogens with zero attached hydrogens (tertiary/aromatic N) is 2. The second-order valence-corrected chi connectivity index (χ2v) is 19.6. The summed E-state index contributed by atoms with van der Waals surface area (Å²) in [5.41, 5.74) is 4.16. The van der Waals surface area contributed by atoms with Gasteiger partial charge < -0.3 is 31.1 Å². The second kappa shape index (κ2) is 20.7. The highest BCUT2D eigenvalue weighted by atomic mass is 16.2. The summed E-state index contributed by atoms with van der Waals surface area (Å²) < 4.78 is 0. The number of unbranched alkanes of at least 4 members (excludes halogenated alkanes) is 5. The van der Waals surface area contributed by atoms with E-state index in [-0.39, 0.29) is 97.5 Å². The lowest BCUT2D eigenvalue weighted by molar-refractivity contribution is -0.133. The minimum absolute atomic E-state index is 0.0168. The van der Waals surface area contributed by atoms with Crippen molar-refractivity contribution in [3.63, 3.8) is 0 Å². The van der Waals surface area contributed by atoms with E-state index in [0.717, 1.165) is 49.7 Å². The van der Waals surface area contributed by atoms with Gasteiger partial charge >= 0.3 is 0 Å². The Kier molecular flexibility index (Phi) is 14.2. The summed E-state index contributed by atoms with van der Waals surface area (Å²) in [6.45, 7) is 3.09. The molecule has 3 saturated carbocycles. The monoisotopic (exact) mass is 904 g/mol. The van der Waals surface area contributed by atoms with Crippen LogP contribution in [0.2, 0.25) is 0 Å². The molecule has 5 aliphatic rings. The summed E-state index contributed by atoms with van der Waals surface area (Å²) in [6, 6.07) is 36.6. The molecule has 0 unspecified atom stereocenters. The van der Waals surface area contributed by atoms with E-state index in [9.17, 15) is 28.8 Å². The van der Waals surface area contributed by atoms with E-state index in [2.05, 4.69) is 64.6 Å². The molecule has 12 heteroatoms. The fraction of sp³-hybridized carbons (Fsp3) is 0.455. The number of nitrogens with one attached hydrogen (secondary N) is 4. The number of hydrogen-bond donors (Lipinski definition) is 4. The minimum atomic E-state index is -0.726. The Labute approximate surface area is 394 Å². The molecule has 3 aliphatic carbocycles. The molecule has 67 heavy (non-hydrogen) atoms. The zero-order chi connectivity index (χ0) is 46.4. The first-order chi connectivity index (χ1) is 32.7. The van der Waals surface area contributed by atoms with Gasteiger partial charge in [-0.25, -0.2) is 0 Å². The van der Waals surface area contributed by atoms with Crippen LogP contribution < -0.4 is 21.3 Å². The van der Waals surface area contributed by atoms with Gasteiger partial charge in [0.25, 0.3) is 11.8 Å². The van der Waals surface area contributed by atoms with Gasteiger partial charge in [0, 0.05) is 79.7 Å². The average molecular weight is 905 g/mol. The molecule has 6 amide bonds. The van der Waals surface area contributed by atoms with Gasteiger partial charge in [-0.05, 0) is 66.6 Å². The van der Waals surface area contributed by atoms with Crippen molar-refractivity contribution in [3.8, 4) is 0 Å². The summed E-state index contributed by atoms with van der Waals surface area (Å²) in [6.07, 6.45) is 9.02. The van der Waals surface area contributed by atoms with Crippen molar-refractivity contribution < 1.29 is 28.8 Å². The van der Waals surface area contributed by atoms with Crippen molar-refractivity contribution >= 4 is 35.4 Å². The maximum absolute atomic E-state index is 14.2. The van der Waals surface area contributed by atoms with Gasteiger partial charge in [-0.2, -0.15) is 0 Å². The quantitative estimate of drug-likeness (QED) is 0.0782. The number of likely N-dealkylation sites (tertiary alicyclic amines) is 2. The third-order valence-electron chi connectivity index (χ3n) is 14.8. The molecule has 5 fully saturated rings. The molecule has 0 aromatic heterocycles. The predicted molar refractivity (Wildman–Crippen MR) is 256 cm³/mol. The highest BCUT2D eigenvalue weighted by molar-refractivity contribution is 6.00. The average Bonchev–Trinajstić information content (AvgIpc) is 4.33. The van der Waals surface area contributed by atoms with Crippen LogP contribution in [0.3, 0.4) is 0 Å². The third kappa shape index (κ3) is 11.0. The van der Waals surface area contributed by atoms with Crippen molar-refractivity contribution in [2.75, 3.05) is 32.7 Å². The van der Waals surface area contributed by atoms with Gasteiger partial charge in [0.15, 0.2) is 0 Å². The summed E-state index contributed by atoms with van der Waals surface area (Å²) in [7, 11) is 0. The van der Waals surface area contributed by atoms with Crippen molar-refractivity contribution in [2.24, 2.45) is 23.7 Å². The van der Waals surface area contributed by atoms with Crippen LogP contribution in [0.4, 0.5) is 0 Å². The summed E-state index contributed by atoms with van der Waals surface area (Å²) in [5, 5.41) is 12.6. The van der Waals surface area contributed by atoms with Crippen LogP contribution in [0.1, 0.15) is 120 Å². The van der Waals surface area contributed by atoms with Crippen LogP contribution in [0.15, 0.2) is 115 Å². The Morgan fingerprint density at radius 2 is 0.761 bits per heavy atom. The molecule has 2 heterocycles. The van der Waals surface area contributed by atoms with Crippen molar-refractivity contribution in [1.82, 2.24) is 31.1 Å². The fourth-order valence-electron chi connectivity index (χ4n) is 10.5. The largest absolute Gasteiger partial charge is 0.356 e. The zero-order valence-electron chi connectivity index (χ0n) is 38.5. The van der Waals surface area contributed by atoms with Gasteiger partial charge in [0.05, 0.1) is 23.7 Å². The minimum Gasteiger partial charge on any atom is -0.356 e. The van der Waals surface area contributed by atoms with Crippen LogP contribution >= 0.6 is 0 Å². The topological polar surface area (TPSA) is 157 Å². The number of rotatable bonds is 19. The van der Waals surface area contributed by atoms with Crippen LogP contribution in [0.5, 0.6) is 0 Å². The van der Waals surface area contributed by atoms with E-state index in [1.807, 2.05) is 54.6 Å². The predicted octanol–water partition coefficient (Wildman–Crippen LogP) is 6.56. The molecule has 0 spiro atoms. The Bertz CT molecular complexity index is 2320. The van der Waals surface area contributed by atoms with Crippen molar-refractivity contribution in [2.45, 2.75) is 101 Å². The third-order valence-corrected chi connectivity index (χ3v) is 14.8. The van der Waals surface area contributed by atoms with Gasteiger partial charge in [-0.15, -0.1) is 0 Å². The van der Waals surface area contributed by atoms with Crippen LogP contribution in [-0.2, 0) is 19.2 Å². The van der Waals surface area contributed by atoms with Gasteiger partial charge in [0.1, 0.15) is 0 Å². The molecule has 9 rings (SSSR count). The molecular weight excluding hydrogens is 841 g/mol. The number of hydrogen-bond acceptors (Lipinski definition) is 6. The normalized spacial score (nSPS) is 26.9. The lowest BCUT2D eigenvalue weighted by Gasteiger charge is -2.18. The smallest absolute Gasteiger partial charge is 0.253 e. The molecule has 2 saturated heterocycles. The molecule has 350 valence electrons. The van der Waals surface area contributed by atoms with Crippen molar-refractivity contribution in [3.05, 3.63) is 143 Å². The summed E-state index contributed by atoms with van der Waals surface area (Å²) in [4.78, 5) is 86.9. The second-order valence-electron chi connectivity index (χ2n) is 19.6. The zero-order valence-corrected chi connectivity index (χ0v) is 38.5. The Balaban J connectivity index is 0.842. The molecule has 10 atom stereocenters. The highest BCUT2D eigenvalue weighted by Crippen LogP contribution is 2.43. The molecule has 2 aliphatic heterocycles. The molecule has 4 N–H and O–H groups in total. The van der Waals surface area contributed by atoms with E-state index in [1.54, 1.807) is 34.1 Å². The Morgan fingerprint density at radius 1 is 0.433 bits per heavy atom. The maximum atomic E-state index is 14.2. The van der Waals surface area contributed by atoms with Gasteiger partial charge in [0.2, 0.25) is 23.6 Å². The van der Waals surface area contributed by atoms with Gasteiger partial charge in [-0.1, -0.05) is 130 Å². The number of carbonyl (C=O) groups is 6. The first-order valence-corrected chi connectivity index (χ1v) is 24.7. The number of carbonyl (C=O) groups excluding carboxylic acids is 6. The highest BCUT2D eigenvalue weighted by Gasteiger charge is 2.50. The Morgan fingerprint density at radius 3 is 1.12 bits per heavy atom.